The van der Waals surface area contributed by atoms with Crippen molar-refractivity contribution in [1.29, 1.82) is 0 Å². The summed E-state index contributed by atoms with van der Waals surface area (Å²) in [5.74, 6) is -0.0862. The molecule has 3 heterocycles. The average molecular weight is 332 g/mol. The first-order chi connectivity index (χ1) is 12.3. The Labute approximate surface area is 143 Å². The second-order valence-electron chi connectivity index (χ2n) is 5.72. The number of aromatic nitrogens is 5. The van der Waals surface area contributed by atoms with E-state index in [0.29, 0.717) is 17.8 Å². The van der Waals surface area contributed by atoms with Crippen LogP contribution in [0.3, 0.4) is 0 Å². The zero-order valence-corrected chi connectivity index (χ0v) is 13.4. The fourth-order valence-electron chi connectivity index (χ4n) is 2.77. The second-order valence-corrected chi connectivity index (χ2v) is 5.72. The minimum atomic E-state index is -0.343. The molecule has 7 nitrogen and oxygen atoms in total. The standard InChI is InChI=1S/C18H16N6O/c25-18(19-15-8-11-24-17(13-15)20-21-22-24)16(23-9-4-5-10-23)12-14-6-2-1-3-7-14/h1-11,13,16H,12H2,(H,19,25)/t16-/m1/s1. The number of hydrogen-bond donors (Lipinski definition) is 1. The second kappa shape index (κ2) is 6.56. The van der Waals surface area contributed by atoms with Crippen LogP contribution in [0.25, 0.3) is 5.65 Å². The van der Waals surface area contributed by atoms with Gasteiger partial charge in [0.05, 0.1) is 0 Å². The molecule has 0 aliphatic rings. The molecule has 25 heavy (non-hydrogen) atoms. The largest absolute Gasteiger partial charge is 0.342 e. The summed E-state index contributed by atoms with van der Waals surface area (Å²) in [6.07, 6.45) is 6.13. The first kappa shape index (κ1) is 15.1. The molecule has 0 saturated heterocycles. The van der Waals surface area contributed by atoms with Gasteiger partial charge in [-0.1, -0.05) is 30.3 Å². The summed E-state index contributed by atoms with van der Waals surface area (Å²) >= 11 is 0. The highest BCUT2D eigenvalue weighted by atomic mass is 16.2. The van der Waals surface area contributed by atoms with Gasteiger partial charge in [-0.3, -0.25) is 4.79 Å². The number of carbonyl (C=O) groups excluding carboxylic acids is 1. The molecule has 0 fully saturated rings. The lowest BCUT2D eigenvalue weighted by Gasteiger charge is -2.19. The van der Waals surface area contributed by atoms with E-state index in [9.17, 15) is 4.79 Å². The van der Waals surface area contributed by atoms with Gasteiger partial charge in [0.15, 0.2) is 5.65 Å². The molecule has 124 valence electrons. The van der Waals surface area contributed by atoms with E-state index in [0.717, 1.165) is 5.56 Å². The van der Waals surface area contributed by atoms with Crippen molar-refractivity contribution in [3.63, 3.8) is 0 Å². The molecule has 3 aromatic heterocycles. The lowest BCUT2D eigenvalue weighted by Crippen LogP contribution is -2.27. The smallest absolute Gasteiger partial charge is 0.247 e. The molecule has 1 N–H and O–H groups in total. The van der Waals surface area contributed by atoms with E-state index in [4.69, 9.17) is 0 Å². The maximum atomic E-state index is 12.9. The number of nitrogens with zero attached hydrogens (tertiary/aromatic N) is 5. The summed E-state index contributed by atoms with van der Waals surface area (Å²) in [4.78, 5) is 12.9. The average Bonchev–Trinajstić information content (AvgIpc) is 3.31. The van der Waals surface area contributed by atoms with Crippen molar-refractivity contribution in [3.8, 4) is 0 Å². The van der Waals surface area contributed by atoms with Crippen LogP contribution in [0.4, 0.5) is 5.69 Å². The van der Waals surface area contributed by atoms with Crippen LogP contribution in [0.15, 0.2) is 73.2 Å². The van der Waals surface area contributed by atoms with E-state index in [1.807, 2.05) is 59.4 Å². The van der Waals surface area contributed by atoms with Gasteiger partial charge in [0, 0.05) is 36.8 Å². The van der Waals surface area contributed by atoms with Crippen molar-refractivity contribution in [2.45, 2.75) is 12.5 Å². The van der Waals surface area contributed by atoms with E-state index < -0.39 is 0 Å². The van der Waals surface area contributed by atoms with Gasteiger partial charge in [-0.05, 0) is 34.2 Å². The molecule has 4 rings (SSSR count). The van der Waals surface area contributed by atoms with Gasteiger partial charge in [0.1, 0.15) is 6.04 Å². The molecule has 0 aliphatic carbocycles. The maximum absolute atomic E-state index is 12.9. The Morgan fingerprint density at radius 1 is 1.04 bits per heavy atom. The lowest BCUT2D eigenvalue weighted by molar-refractivity contribution is -0.119. The molecular formula is C18H16N6O. The molecule has 7 heteroatoms. The minimum Gasteiger partial charge on any atom is -0.342 e. The van der Waals surface area contributed by atoms with E-state index in [2.05, 4.69) is 20.8 Å². The number of benzene rings is 1. The van der Waals surface area contributed by atoms with Gasteiger partial charge in [0.25, 0.3) is 0 Å². The molecular weight excluding hydrogens is 316 g/mol. The van der Waals surface area contributed by atoms with Crippen molar-refractivity contribution in [1.82, 2.24) is 24.6 Å². The van der Waals surface area contributed by atoms with Gasteiger partial charge in [-0.15, -0.1) is 5.10 Å². The Hall–Kier alpha value is -3.48. The fraction of sp³-hybridized carbons (Fsp3) is 0.111. The summed E-state index contributed by atoms with van der Waals surface area (Å²) in [5.41, 5.74) is 2.35. The van der Waals surface area contributed by atoms with Gasteiger partial charge >= 0.3 is 0 Å². The number of anilines is 1. The third kappa shape index (κ3) is 3.25. The molecule has 0 saturated carbocycles. The zero-order chi connectivity index (χ0) is 17.1. The van der Waals surface area contributed by atoms with Crippen LogP contribution >= 0.6 is 0 Å². The number of carbonyl (C=O) groups is 1. The summed E-state index contributed by atoms with van der Waals surface area (Å²) in [5, 5.41) is 14.3. The van der Waals surface area contributed by atoms with Crippen molar-refractivity contribution < 1.29 is 4.79 Å². The lowest BCUT2D eigenvalue weighted by atomic mass is 10.1. The normalized spacial score (nSPS) is 12.2. The number of hydrogen-bond acceptors (Lipinski definition) is 4. The molecule has 4 aromatic rings. The van der Waals surface area contributed by atoms with Crippen LogP contribution in [0.1, 0.15) is 11.6 Å². The molecule has 1 amide bonds. The first-order valence-corrected chi connectivity index (χ1v) is 7.94. The summed E-state index contributed by atoms with van der Waals surface area (Å²) in [7, 11) is 0. The van der Waals surface area contributed by atoms with Crippen molar-refractivity contribution in [3.05, 3.63) is 78.8 Å². The number of tetrazole rings is 1. The highest BCUT2D eigenvalue weighted by Crippen LogP contribution is 2.18. The molecule has 0 spiro atoms. The predicted molar refractivity (Wildman–Crippen MR) is 93.0 cm³/mol. The van der Waals surface area contributed by atoms with Crippen molar-refractivity contribution >= 4 is 17.2 Å². The third-order valence-electron chi connectivity index (χ3n) is 4.03. The summed E-state index contributed by atoms with van der Waals surface area (Å²) in [6.45, 7) is 0. The highest BCUT2D eigenvalue weighted by molar-refractivity contribution is 5.94. The van der Waals surface area contributed by atoms with E-state index in [-0.39, 0.29) is 11.9 Å². The fourth-order valence-corrected chi connectivity index (χ4v) is 2.77. The van der Waals surface area contributed by atoms with Gasteiger partial charge in [0.2, 0.25) is 5.91 Å². The number of rotatable bonds is 5. The highest BCUT2D eigenvalue weighted by Gasteiger charge is 2.20. The monoisotopic (exact) mass is 332 g/mol. The zero-order valence-electron chi connectivity index (χ0n) is 13.4. The molecule has 0 radical (unpaired) electrons. The Bertz CT molecular complexity index is 977. The van der Waals surface area contributed by atoms with Crippen LogP contribution in [-0.2, 0) is 11.2 Å². The number of amides is 1. The quantitative estimate of drug-likeness (QED) is 0.608. The SMILES string of the molecule is O=C(Nc1ccn2nnnc2c1)[C@@H](Cc1ccccc1)n1cccc1. The Balaban J connectivity index is 1.58. The number of pyridine rings is 1. The van der Waals surface area contributed by atoms with Gasteiger partial charge in [-0.2, -0.15) is 0 Å². The van der Waals surface area contributed by atoms with Crippen LogP contribution < -0.4 is 5.32 Å². The molecule has 1 atom stereocenters. The Morgan fingerprint density at radius 3 is 2.64 bits per heavy atom. The number of nitrogens with one attached hydrogen (secondary N) is 1. The summed E-state index contributed by atoms with van der Waals surface area (Å²) < 4.78 is 3.46. The first-order valence-electron chi connectivity index (χ1n) is 7.94. The summed E-state index contributed by atoms with van der Waals surface area (Å²) in [6, 6.07) is 17.0. The van der Waals surface area contributed by atoms with Crippen LogP contribution in [0, 0.1) is 0 Å². The third-order valence-corrected chi connectivity index (χ3v) is 4.03. The van der Waals surface area contributed by atoms with Gasteiger partial charge in [-0.25, -0.2) is 4.52 Å². The van der Waals surface area contributed by atoms with E-state index in [1.54, 1.807) is 22.8 Å². The van der Waals surface area contributed by atoms with Crippen LogP contribution in [0.2, 0.25) is 0 Å². The van der Waals surface area contributed by atoms with Gasteiger partial charge < -0.3 is 9.88 Å². The molecule has 0 bridgehead atoms. The van der Waals surface area contributed by atoms with Crippen molar-refractivity contribution in [2.75, 3.05) is 5.32 Å². The predicted octanol–water partition coefficient (Wildman–Crippen LogP) is 2.35. The van der Waals surface area contributed by atoms with Crippen LogP contribution in [0.5, 0.6) is 0 Å². The number of fused-ring (bicyclic) bond motifs is 1. The van der Waals surface area contributed by atoms with E-state index >= 15 is 0 Å². The van der Waals surface area contributed by atoms with E-state index in [1.165, 1.54) is 0 Å². The van der Waals surface area contributed by atoms with Crippen molar-refractivity contribution in [2.24, 2.45) is 0 Å². The molecule has 0 unspecified atom stereocenters. The minimum absolute atomic E-state index is 0.0862. The maximum Gasteiger partial charge on any atom is 0.247 e. The van der Waals surface area contributed by atoms with Crippen LogP contribution in [-0.4, -0.2) is 30.5 Å². The Kier molecular flexibility index (Phi) is 3.96. The molecule has 1 aromatic carbocycles. The molecule has 0 aliphatic heterocycles. The topological polar surface area (TPSA) is 77.1 Å². The Morgan fingerprint density at radius 2 is 1.84 bits per heavy atom.